The molecule has 2 saturated heterocycles. The average Bonchev–Trinajstić information content (AvgIpc) is 3.00. The molecule has 1 amide bonds. The lowest BCUT2D eigenvalue weighted by molar-refractivity contribution is -0.146. The van der Waals surface area contributed by atoms with E-state index >= 15 is 0 Å². The second-order valence-corrected chi connectivity index (χ2v) is 8.45. The summed E-state index contributed by atoms with van der Waals surface area (Å²) in [6.45, 7) is 4.24. The Balaban J connectivity index is 1.82. The number of nitrogens with zero attached hydrogens (tertiary/aromatic N) is 4. The first-order valence-electron chi connectivity index (χ1n) is 8.25. The van der Waals surface area contributed by atoms with Crippen LogP contribution in [0.4, 0.5) is 0 Å². The van der Waals surface area contributed by atoms with Gasteiger partial charge in [0.2, 0.25) is 15.9 Å². The van der Waals surface area contributed by atoms with E-state index in [-0.39, 0.29) is 11.7 Å². The lowest BCUT2D eigenvalue weighted by Gasteiger charge is -2.45. The van der Waals surface area contributed by atoms with E-state index in [4.69, 9.17) is 0 Å². The lowest BCUT2D eigenvalue weighted by Crippen LogP contribution is -2.59. The molecule has 2 aliphatic rings. The van der Waals surface area contributed by atoms with Crippen LogP contribution in [0.25, 0.3) is 0 Å². The number of likely N-dealkylation sites (tertiary alicyclic amines) is 1. The number of hydrogen-bond acceptors (Lipinski definition) is 4. The van der Waals surface area contributed by atoms with Crippen LogP contribution in [-0.2, 0) is 20.4 Å². The third-order valence-corrected chi connectivity index (χ3v) is 7.02. The van der Waals surface area contributed by atoms with Crippen molar-refractivity contribution in [1.29, 1.82) is 0 Å². The Bertz CT molecular complexity index is 644. The number of piperidine rings is 1. The SMILES string of the molecule is CCCS(=O)(=O)N1CCC(C(=O)N2CCC2)(n2ccnc2)CC1. The predicted molar refractivity (Wildman–Crippen MR) is 86.3 cm³/mol. The third-order valence-electron chi connectivity index (χ3n) is 4.95. The van der Waals surface area contributed by atoms with Gasteiger partial charge in [-0.15, -0.1) is 0 Å². The van der Waals surface area contributed by atoms with Crippen molar-refractivity contribution >= 4 is 15.9 Å². The number of rotatable bonds is 5. The number of aromatic nitrogens is 2. The van der Waals surface area contributed by atoms with Crippen molar-refractivity contribution in [2.24, 2.45) is 0 Å². The monoisotopic (exact) mass is 340 g/mol. The molecular formula is C15H24N4O3S. The standard InChI is InChI=1S/C15H24N4O3S/c1-2-12-23(21,22)19-9-4-15(5-10-19,18-11-6-16-13-18)14(20)17-7-3-8-17/h6,11,13H,2-5,7-10,12H2,1H3. The van der Waals surface area contributed by atoms with Crippen molar-refractivity contribution in [3.63, 3.8) is 0 Å². The van der Waals surface area contributed by atoms with E-state index in [0.29, 0.717) is 32.4 Å². The highest BCUT2D eigenvalue weighted by Gasteiger charge is 2.47. The van der Waals surface area contributed by atoms with Crippen LogP contribution in [0.3, 0.4) is 0 Å². The molecule has 0 atom stereocenters. The van der Waals surface area contributed by atoms with E-state index in [1.165, 1.54) is 4.31 Å². The number of imidazole rings is 1. The number of amides is 1. The van der Waals surface area contributed by atoms with Crippen LogP contribution in [0.5, 0.6) is 0 Å². The van der Waals surface area contributed by atoms with E-state index in [0.717, 1.165) is 19.5 Å². The fraction of sp³-hybridized carbons (Fsp3) is 0.733. The van der Waals surface area contributed by atoms with Gasteiger partial charge in [-0.05, 0) is 25.7 Å². The van der Waals surface area contributed by atoms with Crippen molar-refractivity contribution < 1.29 is 13.2 Å². The van der Waals surface area contributed by atoms with Gasteiger partial charge in [-0.3, -0.25) is 4.79 Å². The van der Waals surface area contributed by atoms with Gasteiger partial charge in [0.1, 0.15) is 5.54 Å². The normalized spacial score (nSPS) is 21.9. The molecule has 0 aromatic carbocycles. The molecule has 2 aliphatic heterocycles. The largest absolute Gasteiger partial charge is 0.341 e. The number of carbonyl (C=O) groups excluding carboxylic acids is 1. The maximum atomic E-state index is 13.0. The maximum absolute atomic E-state index is 13.0. The third kappa shape index (κ3) is 2.89. The Kier molecular flexibility index (Phi) is 4.46. The van der Waals surface area contributed by atoms with Gasteiger partial charge in [-0.25, -0.2) is 17.7 Å². The van der Waals surface area contributed by atoms with Crippen molar-refractivity contribution in [2.75, 3.05) is 31.9 Å². The number of sulfonamides is 1. The molecule has 128 valence electrons. The van der Waals surface area contributed by atoms with E-state index in [9.17, 15) is 13.2 Å². The van der Waals surface area contributed by atoms with Gasteiger partial charge in [-0.1, -0.05) is 6.92 Å². The minimum absolute atomic E-state index is 0.106. The van der Waals surface area contributed by atoms with Gasteiger partial charge < -0.3 is 9.47 Å². The molecule has 8 heteroatoms. The smallest absolute Gasteiger partial charge is 0.248 e. The van der Waals surface area contributed by atoms with E-state index in [1.807, 2.05) is 22.6 Å². The van der Waals surface area contributed by atoms with Crippen LogP contribution < -0.4 is 0 Å². The summed E-state index contributed by atoms with van der Waals surface area (Å²) in [6.07, 6.45) is 7.82. The summed E-state index contributed by atoms with van der Waals surface area (Å²) in [6, 6.07) is 0. The highest BCUT2D eigenvalue weighted by atomic mass is 32.2. The molecular weight excluding hydrogens is 316 g/mol. The highest BCUT2D eigenvalue weighted by Crippen LogP contribution is 2.34. The van der Waals surface area contributed by atoms with Gasteiger partial charge in [-0.2, -0.15) is 0 Å². The van der Waals surface area contributed by atoms with Crippen molar-refractivity contribution in [2.45, 2.75) is 38.1 Å². The summed E-state index contributed by atoms with van der Waals surface area (Å²) < 4.78 is 27.9. The molecule has 0 saturated carbocycles. The van der Waals surface area contributed by atoms with Crippen molar-refractivity contribution in [1.82, 2.24) is 18.8 Å². The predicted octanol–water partition coefficient (Wildman–Crippen LogP) is 0.646. The zero-order chi connectivity index (χ0) is 16.5. The molecule has 7 nitrogen and oxygen atoms in total. The lowest BCUT2D eigenvalue weighted by atomic mass is 9.85. The van der Waals surface area contributed by atoms with Gasteiger partial charge in [0.05, 0.1) is 12.1 Å². The Morgan fingerprint density at radius 2 is 1.91 bits per heavy atom. The van der Waals surface area contributed by atoms with E-state index in [2.05, 4.69) is 4.98 Å². The molecule has 1 aromatic rings. The Hall–Kier alpha value is -1.41. The zero-order valence-electron chi connectivity index (χ0n) is 13.5. The van der Waals surface area contributed by atoms with E-state index < -0.39 is 15.6 Å². The van der Waals surface area contributed by atoms with Crippen LogP contribution in [0.15, 0.2) is 18.7 Å². The minimum Gasteiger partial charge on any atom is -0.341 e. The van der Waals surface area contributed by atoms with Gasteiger partial charge in [0.25, 0.3) is 0 Å². The molecule has 0 aliphatic carbocycles. The van der Waals surface area contributed by atoms with Crippen LogP contribution in [0.1, 0.15) is 32.6 Å². The molecule has 0 spiro atoms. The first-order valence-corrected chi connectivity index (χ1v) is 9.86. The van der Waals surface area contributed by atoms with Gasteiger partial charge in [0, 0.05) is 38.6 Å². The fourth-order valence-electron chi connectivity index (χ4n) is 3.43. The summed E-state index contributed by atoms with van der Waals surface area (Å²) in [5.41, 5.74) is -0.685. The number of carbonyl (C=O) groups is 1. The second kappa shape index (κ2) is 6.24. The first-order chi connectivity index (χ1) is 11.0. The van der Waals surface area contributed by atoms with Gasteiger partial charge >= 0.3 is 0 Å². The molecule has 2 fully saturated rings. The molecule has 0 N–H and O–H groups in total. The topological polar surface area (TPSA) is 75.5 Å². The van der Waals surface area contributed by atoms with Crippen LogP contribution in [0, 0.1) is 0 Å². The molecule has 1 aromatic heterocycles. The van der Waals surface area contributed by atoms with Crippen molar-refractivity contribution in [3.05, 3.63) is 18.7 Å². The quantitative estimate of drug-likeness (QED) is 0.788. The Morgan fingerprint density at radius 3 is 2.39 bits per heavy atom. The van der Waals surface area contributed by atoms with Crippen LogP contribution in [0.2, 0.25) is 0 Å². The summed E-state index contributed by atoms with van der Waals surface area (Å²) in [4.78, 5) is 18.9. The van der Waals surface area contributed by atoms with E-state index in [1.54, 1.807) is 12.5 Å². The van der Waals surface area contributed by atoms with Crippen LogP contribution in [-0.4, -0.2) is 65.0 Å². The molecule has 0 unspecified atom stereocenters. The van der Waals surface area contributed by atoms with Crippen LogP contribution >= 0.6 is 0 Å². The average molecular weight is 340 g/mol. The van der Waals surface area contributed by atoms with Gasteiger partial charge in [0.15, 0.2) is 0 Å². The number of hydrogen-bond donors (Lipinski definition) is 0. The molecule has 3 heterocycles. The maximum Gasteiger partial charge on any atom is 0.248 e. The Labute approximate surface area is 137 Å². The second-order valence-electron chi connectivity index (χ2n) is 6.36. The summed E-state index contributed by atoms with van der Waals surface area (Å²) in [5.74, 6) is 0.278. The molecule has 0 bridgehead atoms. The summed E-state index contributed by atoms with van der Waals surface area (Å²) in [7, 11) is -3.21. The highest BCUT2D eigenvalue weighted by molar-refractivity contribution is 7.89. The molecule has 3 rings (SSSR count). The summed E-state index contributed by atoms with van der Waals surface area (Å²) >= 11 is 0. The Morgan fingerprint density at radius 1 is 1.22 bits per heavy atom. The summed E-state index contributed by atoms with van der Waals surface area (Å²) in [5, 5.41) is 0. The molecule has 23 heavy (non-hydrogen) atoms. The zero-order valence-corrected chi connectivity index (χ0v) is 14.3. The minimum atomic E-state index is -3.21. The fourth-order valence-corrected chi connectivity index (χ4v) is 4.94. The van der Waals surface area contributed by atoms with Crippen molar-refractivity contribution in [3.8, 4) is 0 Å². The molecule has 0 radical (unpaired) electrons. The first kappa shape index (κ1) is 16.4.